The Hall–Kier alpha value is -3.04. The highest BCUT2D eigenvalue weighted by molar-refractivity contribution is 8.01. The monoisotopic (exact) mass is 499 g/mol. The first-order valence-corrected chi connectivity index (χ1v) is 11.6. The van der Waals surface area contributed by atoms with Gasteiger partial charge < -0.3 is 11.1 Å². The summed E-state index contributed by atoms with van der Waals surface area (Å²) >= 11 is 3.65. The van der Waals surface area contributed by atoms with Crippen LogP contribution < -0.4 is 21.9 Å². The first-order valence-electron chi connectivity index (χ1n) is 8.82. The van der Waals surface area contributed by atoms with E-state index < -0.39 is 29.0 Å². The topological polar surface area (TPSA) is 156 Å². The zero-order chi connectivity index (χ0) is 23.3. The summed E-state index contributed by atoms with van der Waals surface area (Å²) in [6.07, 6.45) is 0. The number of benzene rings is 1. The maximum Gasteiger partial charge on any atom is 0.277 e. The smallest absolute Gasteiger partial charge is 0.277 e. The van der Waals surface area contributed by atoms with Gasteiger partial charge in [0.2, 0.25) is 11.0 Å². The Morgan fingerprint density at radius 2 is 1.97 bits per heavy atom. The maximum absolute atomic E-state index is 13.3. The molecule has 0 spiro atoms. The second-order valence-corrected chi connectivity index (χ2v) is 9.31. The van der Waals surface area contributed by atoms with Crippen LogP contribution >= 0.6 is 34.9 Å². The highest BCUT2D eigenvalue weighted by atomic mass is 32.2. The van der Waals surface area contributed by atoms with Crippen LogP contribution in [-0.2, 0) is 4.79 Å². The fourth-order valence-electron chi connectivity index (χ4n) is 2.21. The molecule has 0 aliphatic heterocycles. The van der Waals surface area contributed by atoms with Crippen molar-refractivity contribution in [3.63, 3.8) is 0 Å². The lowest BCUT2D eigenvalue weighted by Crippen LogP contribution is -2.23. The molecule has 1 aromatic carbocycles. The number of aromatic nitrogens is 4. The van der Waals surface area contributed by atoms with E-state index in [9.17, 15) is 23.2 Å². The predicted molar refractivity (Wildman–Crippen MR) is 119 cm³/mol. The van der Waals surface area contributed by atoms with Gasteiger partial charge in [-0.1, -0.05) is 41.8 Å². The van der Waals surface area contributed by atoms with Crippen LogP contribution in [0.5, 0.6) is 0 Å². The Labute approximate surface area is 191 Å². The number of hydrogen-bond acceptors (Lipinski definition) is 10. The van der Waals surface area contributed by atoms with Gasteiger partial charge in [0.05, 0.1) is 5.75 Å². The Morgan fingerprint density at radius 1 is 1.19 bits per heavy atom. The normalized spacial score (nSPS) is 10.7. The van der Waals surface area contributed by atoms with E-state index in [-0.39, 0.29) is 28.0 Å². The number of halogens is 2. The number of nitrogens with zero attached hydrogens (tertiary/aromatic N) is 3. The summed E-state index contributed by atoms with van der Waals surface area (Å²) in [7, 11) is 0. The fourth-order valence-corrected chi connectivity index (χ4v) is 4.55. The Balaban J connectivity index is 1.62. The molecule has 32 heavy (non-hydrogen) atoms. The molecule has 0 aliphatic carbocycles. The van der Waals surface area contributed by atoms with Gasteiger partial charge >= 0.3 is 0 Å². The first kappa shape index (κ1) is 23.6. The van der Waals surface area contributed by atoms with Crippen molar-refractivity contribution >= 4 is 63.3 Å². The number of thioether (sulfide) groups is 2. The molecule has 0 saturated carbocycles. The molecule has 15 heteroatoms. The molecule has 3 rings (SSSR count). The number of nitrogens with one attached hydrogen (secondary N) is 3. The van der Waals surface area contributed by atoms with Gasteiger partial charge in [-0.2, -0.15) is 0 Å². The third-order valence-electron chi connectivity index (χ3n) is 3.61. The van der Waals surface area contributed by atoms with Crippen molar-refractivity contribution in [2.45, 2.75) is 16.4 Å². The summed E-state index contributed by atoms with van der Waals surface area (Å²) in [5, 5.41) is 13.0. The van der Waals surface area contributed by atoms with E-state index in [2.05, 4.69) is 30.8 Å². The van der Waals surface area contributed by atoms with E-state index in [0.717, 1.165) is 34.0 Å². The van der Waals surface area contributed by atoms with Crippen molar-refractivity contribution in [3.8, 4) is 0 Å². The first-order chi connectivity index (χ1) is 15.3. The van der Waals surface area contributed by atoms with Gasteiger partial charge in [-0.05, 0) is 24.0 Å². The van der Waals surface area contributed by atoms with Gasteiger partial charge in [0, 0.05) is 5.56 Å². The minimum atomic E-state index is -1.21. The molecule has 0 unspecified atom stereocenters. The van der Waals surface area contributed by atoms with Crippen LogP contribution in [0.15, 0.2) is 32.5 Å². The van der Waals surface area contributed by atoms with Gasteiger partial charge in [-0.25, -0.2) is 13.8 Å². The molecule has 0 aliphatic rings. The van der Waals surface area contributed by atoms with Gasteiger partial charge in [0.1, 0.15) is 5.69 Å². The van der Waals surface area contributed by atoms with E-state index in [1.54, 1.807) is 0 Å². The standard InChI is InChI=1S/C17H15F2N7O3S3/c1-2-30-17-26-25-16(32-17)21-10(27)6-31-15-23-12(20)11(14(29)24-15)22-13(28)7-3-4-8(18)9(19)5-7/h3-5H,2,6H2,1H3,(H,22,28)(H,21,25,27)(H3,20,23,24,29). The number of nitrogen functional groups attached to an aromatic ring is 1. The van der Waals surface area contributed by atoms with E-state index in [0.29, 0.717) is 11.2 Å². The average molecular weight is 500 g/mol. The van der Waals surface area contributed by atoms with Crippen LogP contribution in [0.25, 0.3) is 0 Å². The minimum Gasteiger partial charge on any atom is -0.382 e. The van der Waals surface area contributed by atoms with Crippen molar-refractivity contribution in [2.75, 3.05) is 27.9 Å². The van der Waals surface area contributed by atoms with E-state index in [1.807, 2.05) is 6.92 Å². The quantitative estimate of drug-likeness (QED) is 0.208. The maximum atomic E-state index is 13.3. The second-order valence-electron chi connectivity index (χ2n) is 5.86. The lowest BCUT2D eigenvalue weighted by atomic mass is 10.2. The summed E-state index contributed by atoms with van der Waals surface area (Å²) < 4.78 is 27.1. The number of carbonyl (C=O) groups is 2. The van der Waals surface area contributed by atoms with E-state index >= 15 is 0 Å². The van der Waals surface area contributed by atoms with E-state index in [4.69, 9.17) is 5.73 Å². The molecule has 10 nitrogen and oxygen atoms in total. The molecule has 0 saturated heterocycles. The van der Waals surface area contributed by atoms with Crippen molar-refractivity contribution in [2.24, 2.45) is 0 Å². The third kappa shape index (κ3) is 6.02. The van der Waals surface area contributed by atoms with Gasteiger partial charge in [0.15, 0.2) is 26.9 Å². The second kappa shape index (κ2) is 10.5. The summed E-state index contributed by atoms with van der Waals surface area (Å²) in [5.41, 5.74) is 4.40. The predicted octanol–water partition coefficient (Wildman–Crippen LogP) is 2.58. The van der Waals surface area contributed by atoms with Crippen LogP contribution in [-0.4, -0.2) is 43.5 Å². The van der Waals surface area contributed by atoms with Gasteiger partial charge in [-0.3, -0.25) is 24.7 Å². The number of carbonyl (C=O) groups excluding carboxylic acids is 2. The largest absolute Gasteiger partial charge is 0.382 e. The average Bonchev–Trinajstić information content (AvgIpc) is 3.18. The zero-order valence-electron chi connectivity index (χ0n) is 16.3. The SMILES string of the molecule is CCSc1nnc(NC(=O)CSc2nc(N)c(NC(=O)c3ccc(F)c(F)c3)c(=O)[nH]2)s1. The molecule has 2 amide bonds. The number of H-pyrrole nitrogens is 1. The van der Waals surface area contributed by atoms with Crippen molar-refractivity contribution in [1.29, 1.82) is 0 Å². The molecule has 2 heterocycles. The van der Waals surface area contributed by atoms with Crippen molar-refractivity contribution < 1.29 is 18.4 Å². The molecule has 0 atom stereocenters. The lowest BCUT2D eigenvalue weighted by molar-refractivity contribution is -0.113. The molecule has 0 bridgehead atoms. The molecule has 0 fully saturated rings. The highest BCUT2D eigenvalue weighted by Crippen LogP contribution is 2.25. The number of amides is 2. The molecule has 3 aromatic rings. The molecular weight excluding hydrogens is 484 g/mol. The molecule has 5 N–H and O–H groups in total. The summed E-state index contributed by atoms with van der Waals surface area (Å²) in [6.45, 7) is 1.97. The third-order valence-corrected chi connectivity index (χ3v) is 6.33. The van der Waals surface area contributed by atoms with Crippen LogP contribution in [0.3, 0.4) is 0 Å². The Bertz CT molecular complexity index is 1220. The molecular formula is C17H15F2N7O3S3. The molecule has 168 valence electrons. The van der Waals surface area contributed by atoms with Crippen molar-refractivity contribution in [1.82, 2.24) is 20.2 Å². The molecule has 0 radical (unpaired) electrons. The Morgan fingerprint density at radius 3 is 2.66 bits per heavy atom. The lowest BCUT2D eigenvalue weighted by Gasteiger charge is -2.08. The van der Waals surface area contributed by atoms with Gasteiger partial charge in [-0.15, -0.1) is 10.2 Å². The summed E-state index contributed by atoms with van der Waals surface area (Å²) in [4.78, 5) is 42.9. The Kier molecular flexibility index (Phi) is 7.76. The van der Waals surface area contributed by atoms with Crippen LogP contribution in [0.2, 0.25) is 0 Å². The number of hydrogen-bond donors (Lipinski definition) is 4. The van der Waals surface area contributed by atoms with Crippen LogP contribution in [0.1, 0.15) is 17.3 Å². The zero-order valence-corrected chi connectivity index (χ0v) is 18.7. The summed E-state index contributed by atoms with van der Waals surface area (Å²) in [6, 6.07) is 2.52. The van der Waals surface area contributed by atoms with Crippen LogP contribution in [0.4, 0.5) is 25.4 Å². The fraction of sp³-hybridized carbons (Fsp3) is 0.176. The molecule has 2 aromatic heterocycles. The van der Waals surface area contributed by atoms with Crippen LogP contribution in [0, 0.1) is 11.6 Å². The number of nitrogens with two attached hydrogens (primary N) is 1. The number of aromatic amines is 1. The number of anilines is 3. The van der Waals surface area contributed by atoms with Gasteiger partial charge in [0.25, 0.3) is 11.5 Å². The minimum absolute atomic E-state index is 0.0490. The van der Waals surface area contributed by atoms with E-state index in [1.165, 1.54) is 23.1 Å². The highest BCUT2D eigenvalue weighted by Gasteiger charge is 2.16. The number of rotatable bonds is 8. The van der Waals surface area contributed by atoms with Crippen molar-refractivity contribution in [3.05, 3.63) is 45.8 Å². The summed E-state index contributed by atoms with van der Waals surface area (Å²) in [5.74, 6) is -3.17.